The summed E-state index contributed by atoms with van der Waals surface area (Å²) >= 11 is 3.63. The molecule has 0 aromatic heterocycles. The fourth-order valence-electron chi connectivity index (χ4n) is 5.73. The van der Waals surface area contributed by atoms with E-state index in [4.69, 9.17) is 9.47 Å². The van der Waals surface area contributed by atoms with Crippen LogP contribution in [0.5, 0.6) is 0 Å². The summed E-state index contributed by atoms with van der Waals surface area (Å²) in [5, 5.41) is 13.2. The Morgan fingerprint density at radius 2 is 2.06 bits per heavy atom. The van der Waals surface area contributed by atoms with E-state index in [-0.39, 0.29) is 35.8 Å². The molecule has 0 saturated carbocycles. The van der Waals surface area contributed by atoms with Gasteiger partial charge in [-0.15, -0.1) is 0 Å². The topological polar surface area (TPSA) is 105 Å². The van der Waals surface area contributed by atoms with Crippen LogP contribution in [0.2, 0.25) is 0 Å². The standard InChI is InChI=1S/C23H37BrN2O6/c1-5-8-9-10-25-20(28)19-23-11-14(24)18(32-23)16(22(30)31-7-3)17(23)21(29)26(19)15(12-27)13(4)6-2/h13-19,27H,5-12H2,1-4H3,(H,25,28)/t13-,14?,15-,16+,17-,18+,19+,23-/m0/s1. The van der Waals surface area contributed by atoms with Gasteiger partial charge in [0, 0.05) is 11.4 Å². The van der Waals surface area contributed by atoms with Crippen molar-refractivity contribution in [3.63, 3.8) is 0 Å². The number of esters is 1. The van der Waals surface area contributed by atoms with Gasteiger partial charge < -0.3 is 24.8 Å². The number of hydrogen-bond acceptors (Lipinski definition) is 6. The average Bonchev–Trinajstić information content (AvgIpc) is 3.35. The van der Waals surface area contributed by atoms with Crippen LogP contribution < -0.4 is 5.32 Å². The Morgan fingerprint density at radius 3 is 2.66 bits per heavy atom. The zero-order valence-corrected chi connectivity index (χ0v) is 21.1. The van der Waals surface area contributed by atoms with Crippen LogP contribution in [0.15, 0.2) is 0 Å². The molecule has 0 aliphatic carbocycles. The first-order valence-electron chi connectivity index (χ1n) is 12.0. The number of nitrogens with one attached hydrogen (secondary N) is 1. The lowest BCUT2D eigenvalue weighted by molar-refractivity contribution is -0.155. The number of carbonyl (C=O) groups is 3. The number of ether oxygens (including phenoxy) is 2. The van der Waals surface area contributed by atoms with Crippen molar-refractivity contribution in [3.8, 4) is 0 Å². The van der Waals surface area contributed by atoms with Crippen molar-refractivity contribution in [2.75, 3.05) is 19.8 Å². The lowest BCUT2D eigenvalue weighted by atomic mass is 9.70. The van der Waals surface area contributed by atoms with Gasteiger partial charge in [0.2, 0.25) is 11.8 Å². The van der Waals surface area contributed by atoms with Gasteiger partial charge in [0.25, 0.3) is 0 Å². The van der Waals surface area contributed by atoms with Gasteiger partial charge in [-0.1, -0.05) is 56.0 Å². The average molecular weight is 517 g/mol. The molecule has 3 heterocycles. The molecule has 0 aromatic rings. The number of unbranched alkanes of at least 4 members (excludes halogenated alkanes) is 2. The van der Waals surface area contributed by atoms with Crippen molar-refractivity contribution in [1.29, 1.82) is 0 Å². The van der Waals surface area contributed by atoms with Gasteiger partial charge in [-0.05, 0) is 25.7 Å². The molecule has 2 bridgehead atoms. The van der Waals surface area contributed by atoms with E-state index in [0.29, 0.717) is 13.0 Å². The molecular weight excluding hydrogens is 480 g/mol. The number of alkyl halides is 1. The van der Waals surface area contributed by atoms with E-state index in [1.54, 1.807) is 6.92 Å². The van der Waals surface area contributed by atoms with Gasteiger partial charge in [-0.3, -0.25) is 14.4 Å². The molecule has 8 atom stereocenters. The number of aliphatic hydroxyl groups is 1. The molecule has 3 aliphatic heterocycles. The molecule has 2 amide bonds. The highest BCUT2D eigenvalue weighted by atomic mass is 79.9. The molecule has 9 heteroatoms. The van der Waals surface area contributed by atoms with E-state index < -0.39 is 41.6 Å². The molecule has 3 fully saturated rings. The van der Waals surface area contributed by atoms with Gasteiger partial charge in [-0.2, -0.15) is 0 Å². The predicted molar refractivity (Wildman–Crippen MR) is 122 cm³/mol. The van der Waals surface area contributed by atoms with Gasteiger partial charge >= 0.3 is 5.97 Å². The zero-order chi connectivity index (χ0) is 23.6. The third-order valence-corrected chi connectivity index (χ3v) is 8.30. The number of hydrogen-bond donors (Lipinski definition) is 2. The highest BCUT2D eigenvalue weighted by Gasteiger charge is 2.77. The minimum atomic E-state index is -1.11. The molecule has 32 heavy (non-hydrogen) atoms. The number of fused-ring (bicyclic) bond motifs is 1. The summed E-state index contributed by atoms with van der Waals surface area (Å²) in [6, 6.07) is -1.42. The van der Waals surface area contributed by atoms with E-state index in [9.17, 15) is 19.5 Å². The summed E-state index contributed by atoms with van der Waals surface area (Å²) in [6.45, 7) is 8.25. The van der Waals surface area contributed by atoms with Gasteiger partial charge in [0.15, 0.2) is 0 Å². The molecule has 3 rings (SSSR count). The Balaban J connectivity index is 2.01. The second-order valence-corrected chi connectivity index (χ2v) is 10.5. The van der Waals surface area contributed by atoms with Crippen LogP contribution in [0.25, 0.3) is 0 Å². The Bertz CT molecular complexity index is 721. The number of carbonyl (C=O) groups excluding carboxylic acids is 3. The van der Waals surface area contributed by atoms with Crippen LogP contribution in [0, 0.1) is 17.8 Å². The lowest BCUT2D eigenvalue weighted by Gasteiger charge is -2.38. The molecular formula is C23H37BrN2O6. The fourth-order valence-corrected chi connectivity index (χ4v) is 6.67. The van der Waals surface area contributed by atoms with Crippen LogP contribution >= 0.6 is 15.9 Å². The molecule has 3 aliphatic rings. The van der Waals surface area contributed by atoms with Crippen LogP contribution in [0.4, 0.5) is 0 Å². The van der Waals surface area contributed by atoms with Crippen molar-refractivity contribution in [3.05, 3.63) is 0 Å². The third kappa shape index (κ3) is 4.09. The highest BCUT2D eigenvalue weighted by molar-refractivity contribution is 9.09. The second-order valence-electron chi connectivity index (χ2n) is 9.29. The number of aliphatic hydroxyl groups excluding tert-OH is 1. The van der Waals surface area contributed by atoms with Crippen molar-refractivity contribution >= 4 is 33.7 Å². The Hall–Kier alpha value is -1.19. The second kappa shape index (κ2) is 10.4. The normalized spacial score (nSPS) is 35.0. The first kappa shape index (κ1) is 25.4. The molecule has 0 radical (unpaired) electrons. The third-order valence-electron chi connectivity index (χ3n) is 7.46. The fraction of sp³-hybridized carbons (Fsp3) is 0.870. The van der Waals surface area contributed by atoms with Crippen molar-refractivity contribution < 1.29 is 29.0 Å². The molecule has 1 spiro atoms. The highest BCUT2D eigenvalue weighted by Crippen LogP contribution is 2.60. The summed E-state index contributed by atoms with van der Waals surface area (Å²) in [5.41, 5.74) is -1.11. The summed E-state index contributed by atoms with van der Waals surface area (Å²) in [6.07, 6.45) is 3.56. The van der Waals surface area contributed by atoms with Crippen LogP contribution in [-0.2, 0) is 23.9 Å². The van der Waals surface area contributed by atoms with Crippen molar-refractivity contribution in [1.82, 2.24) is 10.2 Å². The summed E-state index contributed by atoms with van der Waals surface area (Å²) in [7, 11) is 0. The molecule has 1 unspecified atom stereocenters. The summed E-state index contributed by atoms with van der Waals surface area (Å²) < 4.78 is 11.7. The molecule has 8 nitrogen and oxygen atoms in total. The quantitative estimate of drug-likeness (QED) is 0.247. The Morgan fingerprint density at radius 1 is 1.34 bits per heavy atom. The molecule has 3 saturated heterocycles. The smallest absolute Gasteiger partial charge is 0.312 e. The lowest BCUT2D eigenvalue weighted by Crippen LogP contribution is -2.59. The maximum absolute atomic E-state index is 13.8. The van der Waals surface area contributed by atoms with E-state index in [2.05, 4.69) is 28.2 Å². The van der Waals surface area contributed by atoms with Crippen molar-refractivity contribution in [2.24, 2.45) is 17.8 Å². The summed E-state index contributed by atoms with van der Waals surface area (Å²) in [5.74, 6) is -2.61. The molecule has 2 N–H and O–H groups in total. The number of rotatable bonds is 11. The van der Waals surface area contributed by atoms with E-state index in [1.807, 2.05) is 13.8 Å². The predicted octanol–water partition coefficient (Wildman–Crippen LogP) is 2.01. The van der Waals surface area contributed by atoms with Gasteiger partial charge in [0.05, 0.1) is 37.2 Å². The Labute approximate surface area is 198 Å². The summed E-state index contributed by atoms with van der Waals surface area (Å²) in [4.78, 5) is 41.6. The van der Waals surface area contributed by atoms with Crippen molar-refractivity contribution in [2.45, 2.75) is 88.4 Å². The van der Waals surface area contributed by atoms with Gasteiger partial charge in [0.1, 0.15) is 11.6 Å². The molecule has 0 aromatic carbocycles. The number of likely N-dealkylation sites (tertiary alicyclic amines) is 1. The van der Waals surface area contributed by atoms with Gasteiger partial charge in [-0.25, -0.2) is 0 Å². The van der Waals surface area contributed by atoms with Crippen LogP contribution in [0.3, 0.4) is 0 Å². The first-order chi connectivity index (χ1) is 15.3. The zero-order valence-electron chi connectivity index (χ0n) is 19.5. The SMILES string of the molecule is CCCCCNC(=O)[C@H]1N([C@@H](CO)[C@@H](C)CC)C(=O)[C@@H]2[C@@H](C(=O)OCC)[C@@H]3O[C@@]21CC3Br. The number of nitrogens with zero attached hydrogens (tertiary/aromatic N) is 1. The van der Waals surface area contributed by atoms with Crippen LogP contribution in [0.1, 0.15) is 59.8 Å². The number of amides is 2. The Kier molecular flexibility index (Phi) is 8.25. The maximum Gasteiger partial charge on any atom is 0.312 e. The number of halogens is 1. The molecule has 182 valence electrons. The minimum Gasteiger partial charge on any atom is -0.466 e. The minimum absolute atomic E-state index is 0.0208. The monoisotopic (exact) mass is 516 g/mol. The van der Waals surface area contributed by atoms with Crippen LogP contribution in [-0.4, -0.2) is 76.2 Å². The van der Waals surface area contributed by atoms with E-state index >= 15 is 0 Å². The van der Waals surface area contributed by atoms with E-state index in [0.717, 1.165) is 25.7 Å². The van der Waals surface area contributed by atoms with E-state index in [1.165, 1.54) is 4.90 Å². The first-order valence-corrected chi connectivity index (χ1v) is 12.9. The maximum atomic E-state index is 13.8. The largest absolute Gasteiger partial charge is 0.466 e.